The molecule has 0 spiro atoms. The van der Waals surface area contributed by atoms with Crippen molar-refractivity contribution in [1.29, 1.82) is 0 Å². The number of ether oxygens (including phenoxy) is 2. The maximum absolute atomic E-state index is 13.2. The minimum atomic E-state index is -0.840. The third kappa shape index (κ3) is 9.55. The number of amides is 2. The standard InChI is InChI=1S/C42H47N5O8/c48-34-13-11-32(33-12-14-38(50)45-40(33)34)35(49)23-43-17-4-5-18-44-41(51)36-21-27(26-54-36)25-53-31-10-6-9-30(22-31)39(29-7-2-1-3-8-29)46-42(52)55-37-24-47-19-15-28(37)16-20-47/h1-3,6-14,21-22,26,28,35,37,39,43,48-49H,4-5,15-20,23-25H2,(H,44,51)(H,45,50)(H,46,52)/t35?,37?,39-/m0/s1. The van der Waals surface area contributed by atoms with E-state index >= 15 is 0 Å². The monoisotopic (exact) mass is 749 g/mol. The molecule has 3 saturated heterocycles. The molecule has 3 aliphatic heterocycles. The first-order valence-corrected chi connectivity index (χ1v) is 18.9. The van der Waals surface area contributed by atoms with E-state index in [1.165, 1.54) is 18.4 Å². The van der Waals surface area contributed by atoms with Crippen molar-refractivity contribution in [3.63, 3.8) is 0 Å². The summed E-state index contributed by atoms with van der Waals surface area (Å²) < 4.78 is 17.6. The summed E-state index contributed by atoms with van der Waals surface area (Å²) in [5.41, 5.74) is 3.03. The maximum atomic E-state index is 13.2. The van der Waals surface area contributed by atoms with Gasteiger partial charge in [-0.1, -0.05) is 48.5 Å². The molecule has 5 heterocycles. The maximum Gasteiger partial charge on any atom is 0.408 e. The van der Waals surface area contributed by atoms with E-state index in [1.807, 2.05) is 54.6 Å². The van der Waals surface area contributed by atoms with Crippen LogP contribution in [0, 0.1) is 5.92 Å². The lowest BCUT2D eigenvalue weighted by Gasteiger charge is -2.43. The number of aromatic nitrogens is 1. The Balaban J connectivity index is 0.849. The third-order valence-corrected chi connectivity index (χ3v) is 10.4. The van der Waals surface area contributed by atoms with Crippen molar-refractivity contribution < 1.29 is 33.7 Å². The highest BCUT2D eigenvalue weighted by Gasteiger charge is 2.37. The molecule has 13 heteroatoms. The molecule has 0 saturated carbocycles. The first-order valence-electron chi connectivity index (χ1n) is 18.9. The molecule has 0 radical (unpaired) electrons. The van der Waals surface area contributed by atoms with Crippen LogP contribution in [0.1, 0.15) is 70.6 Å². The lowest BCUT2D eigenvalue weighted by Crippen LogP contribution is -2.52. The first kappa shape index (κ1) is 37.7. The van der Waals surface area contributed by atoms with Crippen LogP contribution in [0.25, 0.3) is 10.9 Å². The van der Waals surface area contributed by atoms with Crippen LogP contribution in [0.2, 0.25) is 0 Å². The second-order valence-electron chi connectivity index (χ2n) is 14.2. The van der Waals surface area contributed by atoms with Gasteiger partial charge in [0.15, 0.2) is 5.76 Å². The second kappa shape index (κ2) is 17.7. The van der Waals surface area contributed by atoms with E-state index < -0.39 is 18.2 Å². The summed E-state index contributed by atoms with van der Waals surface area (Å²) in [4.78, 5) is 42.6. The summed E-state index contributed by atoms with van der Waals surface area (Å²) in [6.45, 7) is 4.46. The van der Waals surface area contributed by atoms with Gasteiger partial charge < -0.3 is 45.0 Å². The smallest absolute Gasteiger partial charge is 0.408 e. The molecule has 3 aromatic carbocycles. The SMILES string of the molecule is O=C(N[C@@H](c1ccccc1)c1cccc(OCc2coc(C(=O)NCCCCNCC(O)c3ccc(O)c4[nH]c(=O)ccc34)c2)c1)OC1CN2CCC1CC2. The minimum Gasteiger partial charge on any atom is -0.506 e. The van der Waals surface area contributed by atoms with Crippen LogP contribution < -0.4 is 26.2 Å². The van der Waals surface area contributed by atoms with Gasteiger partial charge in [0.1, 0.15) is 24.2 Å². The van der Waals surface area contributed by atoms with Crippen molar-refractivity contribution in [3.8, 4) is 11.5 Å². The number of aromatic amines is 1. The van der Waals surface area contributed by atoms with E-state index in [1.54, 1.807) is 18.2 Å². The molecule has 3 aliphatic rings. The number of benzene rings is 3. The van der Waals surface area contributed by atoms with Gasteiger partial charge in [-0.2, -0.15) is 0 Å². The van der Waals surface area contributed by atoms with Crippen molar-refractivity contribution in [1.82, 2.24) is 25.8 Å². The molecule has 3 atom stereocenters. The van der Waals surface area contributed by atoms with Crippen molar-refractivity contribution in [2.45, 2.75) is 50.5 Å². The highest BCUT2D eigenvalue weighted by Crippen LogP contribution is 2.31. The number of hydrogen-bond donors (Lipinski definition) is 6. The predicted molar refractivity (Wildman–Crippen MR) is 206 cm³/mol. The number of aromatic hydroxyl groups is 1. The Kier molecular flexibility index (Phi) is 12.1. The molecule has 288 valence electrons. The molecule has 8 rings (SSSR count). The number of phenolic OH excluding ortho intramolecular Hbond substituents is 1. The zero-order chi connectivity index (χ0) is 38.1. The number of furan rings is 1. The van der Waals surface area contributed by atoms with Gasteiger partial charge >= 0.3 is 6.09 Å². The number of unbranched alkanes of at least 4 members (excludes halogenated alkanes) is 1. The number of alkyl carbamates (subject to hydrolysis) is 1. The molecule has 2 aromatic heterocycles. The highest BCUT2D eigenvalue weighted by atomic mass is 16.6. The van der Waals surface area contributed by atoms with Crippen molar-refractivity contribution in [2.75, 3.05) is 39.3 Å². The number of carbonyl (C=O) groups excluding carboxylic acids is 2. The summed E-state index contributed by atoms with van der Waals surface area (Å²) in [6, 6.07) is 24.6. The number of carbonyl (C=O) groups is 2. The lowest BCUT2D eigenvalue weighted by atomic mass is 9.86. The molecule has 6 N–H and O–H groups in total. The number of aliphatic hydroxyl groups excluding tert-OH is 1. The fourth-order valence-corrected chi connectivity index (χ4v) is 7.42. The fraction of sp³-hybridized carbons (Fsp3) is 0.357. The fourth-order valence-electron chi connectivity index (χ4n) is 7.42. The molecule has 2 bridgehead atoms. The largest absolute Gasteiger partial charge is 0.506 e. The van der Waals surface area contributed by atoms with Gasteiger partial charge in [-0.25, -0.2) is 4.79 Å². The molecule has 55 heavy (non-hydrogen) atoms. The van der Waals surface area contributed by atoms with E-state index in [9.17, 15) is 24.6 Å². The highest BCUT2D eigenvalue weighted by molar-refractivity contribution is 5.91. The zero-order valence-electron chi connectivity index (χ0n) is 30.5. The van der Waals surface area contributed by atoms with Gasteiger partial charge in [-0.05, 0) is 98.3 Å². The molecule has 2 amide bonds. The van der Waals surface area contributed by atoms with Crippen LogP contribution in [0.5, 0.6) is 11.5 Å². The molecule has 2 unspecified atom stereocenters. The minimum absolute atomic E-state index is 0.0545. The van der Waals surface area contributed by atoms with E-state index in [2.05, 4.69) is 25.8 Å². The Morgan fingerprint density at radius 2 is 1.75 bits per heavy atom. The number of nitrogens with zero attached hydrogens (tertiary/aromatic N) is 1. The number of fused-ring (bicyclic) bond motifs is 4. The van der Waals surface area contributed by atoms with Crippen molar-refractivity contribution in [2.24, 2.45) is 5.92 Å². The van der Waals surface area contributed by atoms with Gasteiger partial charge in [-0.15, -0.1) is 0 Å². The number of piperidine rings is 3. The van der Waals surface area contributed by atoms with Crippen molar-refractivity contribution in [3.05, 3.63) is 130 Å². The van der Waals surface area contributed by atoms with Crippen LogP contribution in [0.3, 0.4) is 0 Å². The summed E-state index contributed by atoms with van der Waals surface area (Å²) >= 11 is 0. The van der Waals surface area contributed by atoms with Gasteiger partial charge in [0.2, 0.25) is 5.56 Å². The number of aliphatic hydroxyl groups is 1. The number of H-pyrrole nitrogens is 1. The number of phenols is 1. The van der Waals surface area contributed by atoms with Gasteiger partial charge in [0.25, 0.3) is 5.91 Å². The number of hydrogen-bond acceptors (Lipinski definition) is 10. The summed E-state index contributed by atoms with van der Waals surface area (Å²) in [5.74, 6) is 0.824. The van der Waals surface area contributed by atoms with E-state index in [4.69, 9.17) is 13.9 Å². The summed E-state index contributed by atoms with van der Waals surface area (Å²) in [6.07, 6.45) is 3.72. The Morgan fingerprint density at radius 3 is 2.55 bits per heavy atom. The van der Waals surface area contributed by atoms with Crippen LogP contribution >= 0.6 is 0 Å². The average molecular weight is 750 g/mol. The number of rotatable bonds is 16. The molecule has 13 nitrogen and oxygen atoms in total. The molecular weight excluding hydrogens is 702 g/mol. The quantitative estimate of drug-likeness (QED) is 0.0740. The lowest BCUT2D eigenvalue weighted by molar-refractivity contribution is -0.0336. The van der Waals surface area contributed by atoms with E-state index in [0.29, 0.717) is 53.2 Å². The predicted octanol–water partition coefficient (Wildman–Crippen LogP) is 5.15. The van der Waals surface area contributed by atoms with Gasteiger partial charge in [0.05, 0.1) is 23.9 Å². The topological polar surface area (TPSA) is 178 Å². The first-order chi connectivity index (χ1) is 26.8. The molecule has 5 aromatic rings. The molecule has 3 fully saturated rings. The van der Waals surface area contributed by atoms with Crippen LogP contribution in [0.4, 0.5) is 4.79 Å². The number of pyridine rings is 1. The number of nitrogens with one attached hydrogen (secondary N) is 4. The Morgan fingerprint density at radius 1 is 0.945 bits per heavy atom. The van der Waals surface area contributed by atoms with Gasteiger partial charge in [0, 0.05) is 36.7 Å². The van der Waals surface area contributed by atoms with E-state index in [0.717, 1.165) is 50.0 Å². The van der Waals surface area contributed by atoms with Gasteiger partial charge in [-0.3, -0.25) is 14.5 Å². The van der Waals surface area contributed by atoms with Crippen molar-refractivity contribution >= 4 is 22.9 Å². The summed E-state index contributed by atoms with van der Waals surface area (Å²) in [5, 5.41) is 30.6. The third-order valence-electron chi connectivity index (χ3n) is 10.4. The Labute approximate surface area is 318 Å². The Hall–Kier alpha value is -5.63. The van der Waals surface area contributed by atoms with Crippen LogP contribution in [-0.2, 0) is 11.3 Å². The average Bonchev–Trinajstić information content (AvgIpc) is 3.69. The zero-order valence-corrected chi connectivity index (χ0v) is 30.5. The normalized spacial score (nSPS) is 18.7. The van der Waals surface area contributed by atoms with E-state index in [-0.39, 0.29) is 42.2 Å². The van der Waals surface area contributed by atoms with Crippen LogP contribution in [-0.4, -0.2) is 77.5 Å². The summed E-state index contributed by atoms with van der Waals surface area (Å²) in [7, 11) is 0. The Bertz CT molecular complexity index is 2130. The molecule has 0 aliphatic carbocycles. The second-order valence-corrected chi connectivity index (χ2v) is 14.2. The molecular formula is C42H47N5O8. The van der Waals surface area contributed by atoms with Crippen LogP contribution in [0.15, 0.2) is 100 Å².